The van der Waals surface area contributed by atoms with Crippen molar-refractivity contribution in [2.75, 3.05) is 6.23 Å². The number of hydrogen-bond donors (Lipinski definition) is 2. The van der Waals surface area contributed by atoms with E-state index in [-0.39, 0.29) is 11.8 Å². The summed E-state index contributed by atoms with van der Waals surface area (Å²) < 4.78 is 5.31. The van der Waals surface area contributed by atoms with E-state index in [1.54, 1.807) is 25.2 Å². The highest BCUT2D eigenvalue weighted by Gasteiger charge is 2.18. The second-order valence-corrected chi connectivity index (χ2v) is 7.85. The molecule has 0 saturated carbocycles. The molecule has 0 bridgehead atoms. The van der Waals surface area contributed by atoms with E-state index in [4.69, 9.17) is 9.84 Å². The molecule has 0 aliphatic rings. The van der Waals surface area contributed by atoms with Crippen LogP contribution in [0.2, 0.25) is 13.1 Å². The summed E-state index contributed by atoms with van der Waals surface area (Å²) in [5.74, 6) is -0.509. The minimum Gasteiger partial charge on any atom is -0.494 e. The zero-order chi connectivity index (χ0) is 11.5. The van der Waals surface area contributed by atoms with E-state index in [2.05, 4.69) is 0 Å². The van der Waals surface area contributed by atoms with E-state index in [9.17, 15) is 9.59 Å². The lowest BCUT2D eigenvalue weighted by molar-refractivity contribution is 0.0696. The molecule has 2 N–H and O–H groups in total. The summed E-state index contributed by atoms with van der Waals surface area (Å²) in [7, 11) is -2.25. The third-order valence-electron chi connectivity index (χ3n) is 1.67. The Morgan fingerprint density at radius 2 is 2.13 bits per heavy atom. The van der Waals surface area contributed by atoms with Crippen LogP contribution in [-0.2, 0) is 0 Å². The number of hydrogen-bond acceptors (Lipinski definition) is 3. The average molecular weight is 226 g/mol. The molecule has 0 amide bonds. The summed E-state index contributed by atoms with van der Waals surface area (Å²) in [6.07, 6.45) is 0.260. The molecular weight excluding hydrogens is 212 g/mol. The summed E-state index contributed by atoms with van der Waals surface area (Å²) in [4.78, 5) is 20.2. The first-order chi connectivity index (χ1) is 6.88. The van der Waals surface area contributed by atoms with Crippen molar-refractivity contribution in [3.63, 3.8) is 0 Å². The molecule has 4 nitrogen and oxygen atoms in total. The van der Waals surface area contributed by atoms with Gasteiger partial charge in [-0.2, -0.15) is 0 Å². The van der Waals surface area contributed by atoms with Gasteiger partial charge in [-0.15, -0.1) is 0 Å². The third kappa shape index (κ3) is 4.14. The molecule has 0 spiro atoms. The molecule has 5 heteroatoms. The zero-order valence-corrected chi connectivity index (χ0v) is 9.73. The Balaban J connectivity index is 2.70. The molecule has 0 aromatic heterocycles. The number of benzene rings is 1. The highest BCUT2D eigenvalue weighted by Crippen LogP contribution is 2.14. The van der Waals surface area contributed by atoms with Crippen LogP contribution in [0, 0.1) is 0 Å². The minimum absolute atomic E-state index is 0.185. The summed E-state index contributed by atoms with van der Waals surface area (Å²) in [5, 5.41) is 8.74. The molecule has 15 heavy (non-hydrogen) atoms. The van der Waals surface area contributed by atoms with E-state index in [0.717, 1.165) is 0 Å². The van der Waals surface area contributed by atoms with Crippen molar-refractivity contribution in [2.45, 2.75) is 13.1 Å². The minimum atomic E-state index is -2.25. The van der Waals surface area contributed by atoms with Crippen LogP contribution >= 0.6 is 0 Å². The van der Waals surface area contributed by atoms with Crippen LogP contribution in [0.5, 0.6) is 5.75 Å². The fraction of sp³-hybridized carbons (Fsp3) is 0.300. The molecule has 1 rings (SSSR count). The van der Waals surface area contributed by atoms with Gasteiger partial charge in [0.25, 0.3) is 0 Å². The number of ether oxygens (including phenoxy) is 1. The van der Waals surface area contributed by atoms with Crippen LogP contribution in [0.1, 0.15) is 10.4 Å². The molecule has 0 radical (unpaired) electrons. The molecule has 0 unspecified atom stereocenters. The summed E-state index contributed by atoms with van der Waals surface area (Å²) in [6.45, 7) is 3.52. The van der Waals surface area contributed by atoms with Crippen LogP contribution in [-0.4, -0.2) is 30.4 Å². The first-order valence-electron chi connectivity index (χ1n) is 4.57. The molecule has 0 saturated heterocycles. The van der Waals surface area contributed by atoms with Gasteiger partial charge in [0, 0.05) is 0 Å². The molecule has 1 aromatic rings. The van der Waals surface area contributed by atoms with E-state index in [1.165, 1.54) is 12.1 Å². The molecule has 0 atom stereocenters. The van der Waals surface area contributed by atoms with Crippen molar-refractivity contribution >= 4 is 14.3 Å². The Kier molecular flexibility index (Phi) is 3.49. The summed E-state index contributed by atoms with van der Waals surface area (Å²) in [5.41, 5.74) is 0.185. The van der Waals surface area contributed by atoms with Crippen LogP contribution in [0.25, 0.3) is 0 Å². The van der Waals surface area contributed by atoms with Crippen molar-refractivity contribution in [3.05, 3.63) is 29.8 Å². The maximum Gasteiger partial charge on any atom is 0.335 e. The molecule has 0 aliphatic heterocycles. The number of carboxylic acids is 1. The van der Waals surface area contributed by atoms with Crippen molar-refractivity contribution in [1.82, 2.24) is 0 Å². The van der Waals surface area contributed by atoms with Gasteiger partial charge in [-0.05, 0) is 31.3 Å². The van der Waals surface area contributed by atoms with Crippen molar-refractivity contribution in [3.8, 4) is 5.75 Å². The van der Waals surface area contributed by atoms with Crippen molar-refractivity contribution in [1.29, 1.82) is 0 Å². The molecule has 0 fully saturated rings. The SMILES string of the molecule is C[Si](C)(O)COc1cccc(C(=O)O)c1. The normalized spacial score (nSPS) is 11.1. The van der Waals surface area contributed by atoms with Crippen LogP contribution < -0.4 is 4.74 Å². The Hall–Kier alpha value is -1.33. The maximum absolute atomic E-state index is 10.7. The Morgan fingerprint density at radius 1 is 1.47 bits per heavy atom. The first kappa shape index (κ1) is 11.7. The lowest BCUT2D eigenvalue weighted by Crippen LogP contribution is -2.34. The fourth-order valence-corrected chi connectivity index (χ4v) is 1.50. The molecule has 0 aliphatic carbocycles. The predicted octanol–water partition coefficient (Wildman–Crippen LogP) is 1.50. The van der Waals surface area contributed by atoms with E-state index < -0.39 is 14.3 Å². The topological polar surface area (TPSA) is 66.8 Å². The number of rotatable bonds is 4. The van der Waals surface area contributed by atoms with E-state index in [0.29, 0.717) is 5.75 Å². The summed E-state index contributed by atoms with van der Waals surface area (Å²) in [6, 6.07) is 6.23. The van der Waals surface area contributed by atoms with Crippen molar-refractivity contribution < 1.29 is 19.4 Å². The largest absolute Gasteiger partial charge is 0.494 e. The van der Waals surface area contributed by atoms with Crippen LogP contribution in [0.3, 0.4) is 0 Å². The zero-order valence-electron chi connectivity index (χ0n) is 8.73. The van der Waals surface area contributed by atoms with Gasteiger partial charge in [0.05, 0.1) is 5.56 Å². The van der Waals surface area contributed by atoms with Gasteiger partial charge >= 0.3 is 5.97 Å². The third-order valence-corrected chi connectivity index (χ3v) is 2.52. The monoisotopic (exact) mass is 226 g/mol. The average Bonchev–Trinajstić information content (AvgIpc) is 2.14. The first-order valence-corrected chi connectivity index (χ1v) is 7.72. The number of carboxylic acid groups (broad SMARTS) is 1. The molecule has 1 aromatic carbocycles. The lowest BCUT2D eigenvalue weighted by Gasteiger charge is -2.15. The van der Waals surface area contributed by atoms with Gasteiger partial charge in [0.15, 0.2) is 0 Å². The highest BCUT2D eigenvalue weighted by atomic mass is 28.4. The Morgan fingerprint density at radius 3 is 2.67 bits per heavy atom. The number of aromatic carboxylic acids is 1. The maximum atomic E-state index is 10.7. The second-order valence-electron chi connectivity index (χ2n) is 3.93. The number of carbonyl (C=O) groups is 1. The lowest BCUT2D eigenvalue weighted by atomic mass is 10.2. The van der Waals surface area contributed by atoms with Gasteiger partial charge in [-0.3, -0.25) is 0 Å². The Bertz CT molecular complexity index is 357. The van der Waals surface area contributed by atoms with Gasteiger partial charge in [-0.25, -0.2) is 4.79 Å². The molecule has 0 heterocycles. The Labute approximate surface area is 89.3 Å². The van der Waals surface area contributed by atoms with Gasteiger partial charge in [0.1, 0.15) is 12.0 Å². The van der Waals surface area contributed by atoms with Gasteiger partial charge in [0.2, 0.25) is 8.32 Å². The van der Waals surface area contributed by atoms with E-state index >= 15 is 0 Å². The summed E-state index contributed by atoms with van der Waals surface area (Å²) >= 11 is 0. The van der Waals surface area contributed by atoms with E-state index in [1.807, 2.05) is 0 Å². The van der Waals surface area contributed by atoms with Crippen molar-refractivity contribution in [2.24, 2.45) is 0 Å². The van der Waals surface area contributed by atoms with Crippen LogP contribution in [0.15, 0.2) is 24.3 Å². The highest BCUT2D eigenvalue weighted by molar-refractivity contribution is 6.69. The molecule has 82 valence electrons. The smallest absolute Gasteiger partial charge is 0.335 e. The van der Waals surface area contributed by atoms with Gasteiger partial charge in [-0.1, -0.05) is 6.07 Å². The standard InChI is InChI=1S/C10H14O4Si/c1-15(2,13)7-14-9-5-3-4-8(6-9)10(11)12/h3-6,13H,7H2,1-2H3,(H,11,12). The van der Waals surface area contributed by atoms with Gasteiger partial charge < -0.3 is 14.6 Å². The quantitative estimate of drug-likeness (QED) is 0.763. The predicted molar refractivity (Wildman–Crippen MR) is 58.6 cm³/mol. The fourth-order valence-electron chi connectivity index (χ4n) is 0.979. The molecular formula is C10H14O4Si. The second kappa shape index (κ2) is 4.46. The van der Waals surface area contributed by atoms with Crippen LogP contribution in [0.4, 0.5) is 0 Å².